The Morgan fingerprint density at radius 1 is 1.44 bits per heavy atom. The van der Waals surface area contributed by atoms with Crippen LogP contribution in [0.3, 0.4) is 0 Å². The second kappa shape index (κ2) is 6.00. The van der Waals surface area contributed by atoms with E-state index in [4.69, 9.17) is 9.47 Å². The highest BCUT2D eigenvalue weighted by Gasteiger charge is 2.48. The molecule has 0 radical (unpaired) electrons. The van der Waals surface area contributed by atoms with E-state index in [1.807, 2.05) is 37.8 Å². The number of rotatable bonds is 1. The Labute approximate surface area is 146 Å². The molecule has 1 spiro atoms. The number of carbonyl (C=O) groups excluding carboxylic acids is 1. The van der Waals surface area contributed by atoms with Gasteiger partial charge >= 0.3 is 6.03 Å². The summed E-state index contributed by atoms with van der Waals surface area (Å²) in [6, 6.07) is 3.78. The maximum absolute atomic E-state index is 12.8. The number of urea groups is 1. The molecule has 0 saturated carbocycles. The SMILES string of the molecule is Cc1cc(NC(=O)N2C[C@H](C)O[C@]3(CCO[C@H]3C)C2)cc2[nH]ncc12. The van der Waals surface area contributed by atoms with Crippen molar-refractivity contribution in [2.24, 2.45) is 0 Å². The van der Waals surface area contributed by atoms with Gasteiger partial charge in [-0.25, -0.2) is 4.79 Å². The lowest BCUT2D eigenvalue weighted by molar-refractivity contribution is -0.159. The highest BCUT2D eigenvalue weighted by Crippen LogP contribution is 2.35. The number of aryl methyl sites for hydroxylation is 1. The lowest BCUT2D eigenvalue weighted by Crippen LogP contribution is -2.60. The van der Waals surface area contributed by atoms with E-state index in [1.165, 1.54) is 0 Å². The summed E-state index contributed by atoms with van der Waals surface area (Å²) < 4.78 is 11.9. The van der Waals surface area contributed by atoms with Crippen LogP contribution in [0.4, 0.5) is 10.5 Å². The van der Waals surface area contributed by atoms with Crippen molar-refractivity contribution in [2.45, 2.75) is 45.0 Å². The first-order chi connectivity index (χ1) is 12.0. The lowest BCUT2D eigenvalue weighted by atomic mass is 9.93. The summed E-state index contributed by atoms with van der Waals surface area (Å²) in [5.74, 6) is 0. The Kier molecular flexibility index (Phi) is 3.92. The van der Waals surface area contributed by atoms with Gasteiger partial charge in [0, 0.05) is 30.6 Å². The fourth-order valence-corrected chi connectivity index (χ4v) is 3.96. The molecule has 1 aromatic carbocycles. The van der Waals surface area contributed by atoms with Crippen molar-refractivity contribution in [3.8, 4) is 0 Å². The predicted molar refractivity (Wildman–Crippen MR) is 94.7 cm³/mol. The molecule has 2 aromatic rings. The molecular weight excluding hydrogens is 320 g/mol. The molecule has 134 valence electrons. The number of aromatic nitrogens is 2. The van der Waals surface area contributed by atoms with E-state index in [2.05, 4.69) is 15.5 Å². The van der Waals surface area contributed by atoms with Crippen molar-refractivity contribution in [1.82, 2.24) is 15.1 Å². The van der Waals surface area contributed by atoms with Crippen molar-refractivity contribution in [1.29, 1.82) is 0 Å². The maximum Gasteiger partial charge on any atom is 0.322 e. The number of nitrogens with one attached hydrogen (secondary N) is 2. The van der Waals surface area contributed by atoms with Crippen LogP contribution in [0, 0.1) is 6.92 Å². The minimum atomic E-state index is -0.391. The zero-order valence-electron chi connectivity index (χ0n) is 14.8. The maximum atomic E-state index is 12.8. The number of amides is 2. The van der Waals surface area contributed by atoms with Crippen LogP contribution in [0.2, 0.25) is 0 Å². The van der Waals surface area contributed by atoms with Gasteiger partial charge in [0.2, 0.25) is 0 Å². The zero-order valence-corrected chi connectivity index (χ0v) is 14.8. The number of H-pyrrole nitrogens is 1. The molecule has 0 aliphatic carbocycles. The van der Waals surface area contributed by atoms with E-state index < -0.39 is 5.60 Å². The number of hydrogen-bond acceptors (Lipinski definition) is 4. The van der Waals surface area contributed by atoms with E-state index in [0.717, 1.165) is 28.6 Å². The molecule has 0 bridgehead atoms. The monoisotopic (exact) mass is 344 g/mol. The highest BCUT2D eigenvalue weighted by molar-refractivity contribution is 5.93. The van der Waals surface area contributed by atoms with E-state index in [0.29, 0.717) is 19.7 Å². The average Bonchev–Trinajstić information content (AvgIpc) is 3.15. The zero-order chi connectivity index (χ0) is 17.6. The standard InChI is InChI=1S/C18H24N4O3/c1-11-6-14(7-16-15(11)8-19-21-16)20-17(23)22-9-12(2)25-18(10-22)4-5-24-13(18)3/h6-8,12-13H,4-5,9-10H2,1-3H3,(H,19,21)(H,20,23)/t12-,13-,18+/m0/s1. The van der Waals surface area contributed by atoms with Gasteiger partial charge in [-0.05, 0) is 38.5 Å². The summed E-state index contributed by atoms with van der Waals surface area (Å²) in [7, 11) is 0. The van der Waals surface area contributed by atoms with Crippen LogP contribution in [0.15, 0.2) is 18.3 Å². The number of aromatic amines is 1. The van der Waals surface area contributed by atoms with Gasteiger partial charge in [0.05, 0.1) is 30.5 Å². The Morgan fingerprint density at radius 3 is 3.04 bits per heavy atom. The number of carbonyl (C=O) groups is 1. The van der Waals surface area contributed by atoms with Gasteiger partial charge in [0.25, 0.3) is 0 Å². The normalized spacial score (nSPS) is 29.5. The number of benzene rings is 1. The minimum absolute atomic E-state index is 0.00543. The van der Waals surface area contributed by atoms with Gasteiger partial charge in [-0.3, -0.25) is 5.10 Å². The first kappa shape index (κ1) is 16.4. The van der Waals surface area contributed by atoms with Crippen LogP contribution in [-0.2, 0) is 9.47 Å². The minimum Gasteiger partial charge on any atom is -0.375 e. The quantitative estimate of drug-likeness (QED) is 0.833. The molecule has 3 heterocycles. The van der Waals surface area contributed by atoms with Crippen molar-refractivity contribution in [3.05, 3.63) is 23.9 Å². The number of anilines is 1. The van der Waals surface area contributed by atoms with Crippen LogP contribution in [0.1, 0.15) is 25.8 Å². The molecule has 2 aliphatic rings. The second-order valence-corrected chi connectivity index (χ2v) is 7.19. The molecule has 2 fully saturated rings. The molecule has 7 heteroatoms. The first-order valence-corrected chi connectivity index (χ1v) is 8.76. The number of fused-ring (bicyclic) bond motifs is 1. The van der Waals surface area contributed by atoms with E-state index in [9.17, 15) is 4.79 Å². The molecule has 7 nitrogen and oxygen atoms in total. The molecule has 2 amide bonds. The number of ether oxygens (including phenoxy) is 2. The molecule has 2 N–H and O–H groups in total. The molecule has 3 atom stereocenters. The molecule has 25 heavy (non-hydrogen) atoms. The van der Waals surface area contributed by atoms with Crippen LogP contribution in [-0.4, -0.2) is 58.6 Å². The van der Waals surface area contributed by atoms with Gasteiger partial charge in [-0.1, -0.05) is 0 Å². The second-order valence-electron chi connectivity index (χ2n) is 7.19. The van der Waals surface area contributed by atoms with E-state index in [-0.39, 0.29) is 18.2 Å². The topological polar surface area (TPSA) is 79.5 Å². The van der Waals surface area contributed by atoms with Gasteiger partial charge < -0.3 is 19.7 Å². The fourth-order valence-electron chi connectivity index (χ4n) is 3.96. The van der Waals surface area contributed by atoms with Crippen LogP contribution < -0.4 is 5.32 Å². The van der Waals surface area contributed by atoms with Crippen LogP contribution in [0.25, 0.3) is 10.9 Å². The van der Waals surface area contributed by atoms with Crippen molar-refractivity contribution in [3.63, 3.8) is 0 Å². The summed E-state index contributed by atoms with van der Waals surface area (Å²) in [4.78, 5) is 14.7. The Hall–Kier alpha value is -2.12. The molecular formula is C18H24N4O3. The summed E-state index contributed by atoms with van der Waals surface area (Å²) >= 11 is 0. The van der Waals surface area contributed by atoms with Crippen LogP contribution >= 0.6 is 0 Å². The van der Waals surface area contributed by atoms with E-state index in [1.54, 1.807) is 6.20 Å². The van der Waals surface area contributed by atoms with Crippen molar-refractivity contribution in [2.75, 3.05) is 25.0 Å². The Balaban J connectivity index is 1.53. The number of morpholine rings is 1. The van der Waals surface area contributed by atoms with E-state index >= 15 is 0 Å². The first-order valence-electron chi connectivity index (χ1n) is 8.76. The number of nitrogens with zero attached hydrogens (tertiary/aromatic N) is 2. The fraction of sp³-hybridized carbons (Fsp3) is 0.556. The molecule has 4 rings (SSSR count). The highest BCUT2D eigenvalue weighted by atomic mass is 16.6. The summed E-state index contributed by atoms with van der Waals surface area (Å²) in [6.45, 7) is 7.85. The third-order valence-corrected chi connectivity index (χ3v) is 5.31. The number of hydrogen-bond donors (Lipinski definition) is 2. The van der Waals surface area contributed by atoms with Crippen LogP contribution in [0.5, 0.6) is 0 Å². The Morgan fingerprint density at radius 2 is 2.28 bits per heavy atom. The molecule has 2 saturated heterocycles. The summed E-state index contributed by atoms with van der Waals surface area (Å²) in [5.41, 5.74) is 2.37. The van der Waals surface area contributed by atoms with Crippen molar-refractivity contribution >= 4 is 22.6 Å². The third-order valence-electron chi connectivity index (χ3n) is 5.31. The van der Waals surface area contributed by atoms with Crippen molar-refractivity contribution < 1.29 is 14.3 Å². The predicted octanol–water partition coefficient (Wildman–Crippen LogP) is 2.67. The lowest BCUT2D eigenvalue weighted by Gasteiger charge is -2.44. The van der Waals surface area contributed by atoms with Gasteiger partial charge in [0.15, 0.2) is 0 Å². The van der Waals surface area contributed by atoms with Gasteiger partial charge in [-0.15, -0.1) is 0 Å². The molecule has 0 unspecified atom stereocenters. The largest absolute Gasteiger partial charge is 0.375 e. The smallest absolute Gasteiger partial charge is 0.322 e. The van der Waals surface area contributed by atoms with Gasteiger partial charge in [0.1, 0.15) is 5.60 Å². The van der Waals surface area contributed by atoms with Gasteiger partial charge in [-0.2, -0.15) is 5.10 Å². The summed E-state index contributed by atoms with van der Waals surface area (Å²) in [6.07, 6.45) is 2.60. The molecule has 2 aliphatic heterocycles. The average molecular weight is 344 g/mol. The Bertz CT molecular complexity index is 805. The third kappa shape index (κ3) is 2.87. The summed E-state index contributed by atoms with van der Waals surface area (Å²) in [5, 5.41) is 11.1. The molecule has 1 aromatic heterocycles.